The first-order valence-electron chi connectivity index (χ1n) is 20.3. The Balaban J connectivity index is 0.965. The molecule has 6 rings (SSSR count). The van der Waals surface area contributed by atoms with Crippen LogP contribution in [0, 0.1) is 17.3 Å². The Hall–Kier alpha value is -5.33. The van der Waals surface area contributed by atoms with Crippen LogP contribution < -0.4 is 31.6 Å². The van der Waals surface area contributed by atoms with E-state index in [1.807, 2.05) is 70.3 Å². The Bertz CT molecular complexity index is 2010. The Kier molecular flexibility index (Phi) is 12.6. The molecule has 3 aliphatic rings. The number of fused-ring (bicyclic) bond motifs is 1. The first-order valence-corrected chi connectivity index (χ1v) is 20.3. The van der Waals surface area contributed by atoms with Crippen molar-refractivity contribution in [2.75, 3.05) is 31.6 Å². The van der Waals surface area contributed by atoms with E-state index in [2.05, 4.69) is 39.2 Å². The molecule has 0 spiro atoms. The average Bonchev–Trinajstić information content (AvgIpc) is 4.04. The van der Waals surface area contributed by atoms with E-state index in [4.69, 9.17) is 15.2 Å². The van der Waals surface area contributed by atoms with Gasteiger partial charge in [0.05, 0.1) is 17.6 Å². The van der Waals surface area contributed by atoms with Gasteiger partial charge >= 0.3 is 6.09 Å². The van der Waals surface area contributed by atoms with Crippen LogP contribution in [0.2, 0.25) is 0 Å². The summed E-state index contributed by atoms with van der Waals surface area (Å²) in [5.74, 6) is -0.789. The number of ether oxygens (including phenoxy) is 2. The molecule has 0 radical (unpaired) electrons. The van der Waals surface area contributed by atoms with Crippen molar-refractivity contribution < 1.29 is 28.7 Å². The van der Waals surface area contributed by atoms with Gasteiger partial charge < -0.3 is 40.6 Å². The average molecular weight is 783 g/mol. The van der Waals surface area contributed by atoms with Crippen LogP contribution in [0.3, 0.4) is 0 Å². The van der Waals surface area contributed by atoms with Crippen molar-refractivity contribution in [3.63, 3.8) is 0 Å². The summed E-state index contributed by atoms with van der Waals surface area (Å²) in [5.41, 5.74) is 6.15. The number of nitrogens with one attached hydrogen (secondary N) is 3. The molecule has 13 heteroatoms. The van der Waals surface area contributed by atoms with Crippen LogP contribution in [-0.4, -0.2) is 84.2 Å². The van der Waals surface area contributed by atoms with Gasteiger partial charge in [-0.1, -0.05) is 70.0 Å². The molecule has 13 nitrogen and oxygen atoms in total. The maximum Gasteiger partial charge on any atom is 0.408 e. The number of aromatic nitrogens is 1. The highest BCUT2D eigenvalue weighted by molar-refractivity contribution is 5.97. The van der Waals surface area contributed by atoms with E-state index in [0.717, 1.165) is 48.7 Å². The third kappa shape index (κ3) is 9.62. The Labute approximate surface area is 334 Å². The number of hydrogen-bond donors (Lipinski definition) is 4. The van der Waals surface area contributed by atoms with Crippen molar-refractivity contribution >= 4 is 40.4 Å². The molecule has 4 amide bonds. The van der Waals surface area contributed by atoms with Gasteiger partial charge in [0.2, 0.25) is 17.7 Å². The van der Waals surface area contributed by atoms with Crippen molar-refractivity contribution in [3.8, 4) is 5.75 Å². The number of nitrogens with two attached hydrogens (primary N) is 1. The van der Waals surface area contributed by atoms with Gasteiger partial charge in [-0.15, -0.1) is 6.58 Å². The lowest BCUT2D eigenvalue weighted by atomic mass is 9.85. The molecule has 1 aromatic heterocycles. The summed E-state index contributed by atoms with van der Waals surface area (Å²) in [4.78, 5) is 72.5. The smallest absolute Gasteiger partial charge is 0.408 e. The van der Waals surface area contributed by atoms with E-state index >= 15 is 0 Å². The lowest BCUT2D eigenvalue weighted by Gasteiger charge is -2.35. The van der Waals surface area contributed by atoms with Gasteiger partial charge in [0, 0.05) is 30.6 Å². The van der Waals surface area contributed by atoms with Crippen molar-refractivity contribution in [2.24, 2.45) is 23.0 Å². The van der Waals surface area contributed by atoms with E-state index in [0.29, 0.717) is 56.7 Å². The van der Waals surface area contributed by atoms with Crippen molar-refractivity contribution in [2.45, 2.75) is 102 Å². The molecule has 6 atom stereocenters. The van der Waals surface area contributed by atoms with Gasteiger partial charge in [0.15, 0.2) is 0 Å². The molecule has 1 saturated heterocycles. The van der Waals surface area contributed by atoms with Crippen LogP contribution in [0.4, 0.5) is 10.5 Å². The number of hydrogen-bond acceptors (Lipinski definition) is 8. The number of likely N-dealkylation sites (tertiary alicyclic amines) is 1. The Morgan fingerprint density at radius 1 is 1.09 bits per heavy atom. The number of H-pyrrole nitrogens is 1. The van der Waals surface area contributed by atoms with Crippen LogP contribution in [0.15, 0.2) is 72.0 Å². The monoisotopic (exact) mass is 782 g/mol. The van der Waals surface area contributed by atoms with Crippen LogP contribution in [0.5, 0.6) is 5.75 Å². The Morgan fingerprint density at radius 2 is 1.82 bits per heavy atom. The van der Waals surface area contributed by atoms with Crippen LogP contribution in [0.1, 0.15) is 77.7 Å². The number of amides is 4. The second kappa shape index (κ2) is 17.4. The number of nitrogens with zero attached hydrogens (tertiary/aromatic N) is 2. The topological polar surface area (TPSA) is 176 Å². The second-order valence-electron chi connectivity index (χ2n) is 17.0. The molecule has 1 unspecified atom stereocenters. The summed E-state index contributed by atoms with van der Waals surface area (Å²) in [6.45, 7) is 10.7. The summed E-state index contributed by atoms with van der Waals surface area (Å²) in [7, 11) is 2.02. The third-order valence-electron chi connectivity index (χ3n) is 11.8. The number of pyridine rings is 1. The van der Waals surface area contributed by atoms with Gasteiger partial charge in [0.25, 0.3) is 5.56 Å². The number of rotatable bonds is 18. The molecule has 3 aromatic rings. The summed E-state index contributed by atoms with van der Waals surface area (Å²) >= 11 is 0. The predicted octanol–water partition coefficient (Wildman–Crippen LogP) is 5.21. The van der Waals surface area contributed by atoms with Crippen LogP contribution in [0.25, 0.3) is 10.9 Å². The third-order valence-corrected chi connectivity index (χ3v) is 11.8. The van der Waals surface area contributed by atoms with Crippen LogP contribution in [-0.2, 0) is 25.5 Å². The molecule has 3 fully saturated rings. The molecular weight excluding hydrogens is 725 g/mol. The minimum atomic E-state index is -1.17. The molecule has 2 heterocycles. The maximum atomic E-state index is 13.9. The number of carbonyl (C=O) groups is 4. The number of benzene rings is 2. The van der Waals surface area contributed by atoms with Crippen LogP contribution >= 0.6 is 0 Å². The lowest BCUT2D eigenvalue weighted by molar-refractivity contribution is -0.142. The molecule has 2 saturated carbocycles. The summed E-state index contributed by atoms with van der Waals surface area (Å²) in [6.07, 6.45) is 7.00. The number of primary amides is 1. The number of para-hydroxylation sites is 2. The van der Waals surface area contributed by atoms with Gasteiger partial charge in [-0.3, -0.25) is 19.2 Å². The first-order chi connectivity index (χ1) is 27.2. The number of likely N-dealkylation sites (N-methyl/N-ethyl adjacent to an activating group) is 1. The zero-order chi connectivity index (χ0) is 40.9. The second-order valence-corrected chi connectivity index (χ2v) is 17.0. The Morgan fingerprint density at radius 3 is 2.53 bits per heavy atom. The minimum absolute atomic E-state index is 0.131. The first kappa shape index (κ1) is 41.3. The van der Waals surface area contributed by atoms with Crippen molar-refractivity contribution in [3.05, 3.63) is 83.2 Å². The number of aromatic amines is 1. The van der Waals surface area contributed by atoms with E-state index in [1.54, 1.807) is 6.08 Å². The van der Waals surface area contributed by atoms with Gasteiger partial charge in [0.1, 0.15) is 36.1 Å². The zero-order valence-electron chi connectivity index (χ0n) is 33.7. The highest BCUT2D eigenvalue weighted by Gasteiger charge is 2.59. The summed E-state index contributed by atoms with van der Waals surface area (Å²) < 4.78 is 12.1. The lowest BCUT2D eigenvalue weighted by Crippen LogP contribution is -2.59. The molecular formula is C44H58N6O7. The van der Waals surface area contributed by atoms with Gasteiger partial charge in [-0.2, -0.15) is 0 Å². The molecule has 0 bridgehead atoms. The van der Waals surface area contributed by atoms with Gasteiger partial charge in [-0.25, -0.2) is 4.79 Å². The largest absolute Gasteiger partial charge is 0.491 e. The number of alkyl carbamates (subject to hydrolysis) is 1. The van der Waals surface area contributed by atoms with E-state index in [-0.39, 0.29) is 29.4 Å². The summed E-state index contributed by atoms with van der Waals surface area (Å²) in [5, 5.41) is 6.50. The zero-order valence-corrected chi connectivity index (χ0v) is 33.7. The fourth-order valence-electron chi connectivity index (χ4n) is 8.07. The number of unbranched alkanes of at least 4 members (excludes halogenated alkanes) is 2. The van der Waals surface area contributed by atoms with Gasteiger partial charge in [-0.05, 0) is 80.5 Å². The maximum absolute atomic E-state index is 13.9. The highest BCUT2D eigenvalue weighted by Crippen LogP contribution is 2.44. The number of anilines is 1. The summed E-state index contributed by atoms with van der Waals surface area (Å²) in [6, 6.07) is 16.1. The van der Waals surface area contributed by atoms with E-state index in [9.17, 15) is 24.0 Å². The van der Waals surface area contributed by atoms with E-state index < -0.39 is 40.9 Å². The predicted molar refractivity (Wildman–Crippen MR) is 220 cm³/mol. The van der Waals surface area contributed by atoms with E-state index in [1.165, 1.54) is 4.90 Å². The normalized spacial score (nSPS) is 23.0. The quantitative estimate of drug-likeness (QED) is 0.100. The van der Waals surface area contributed by atoms with Crippen molar-refractivity contribution in [1.82, 2.24) is 20.5 Å². The fraction of sp³-hybridized carbons (Fsp3) is 0.523. The molecule has 5 N–H and O–H groups in total. The molecule has 306 valence electrons. The fourth-order valence-corrected chi connectivity index (χ4v) is 8.07. The SMILES string of the molecule is C=C[C@@H]1C[C@]1(NC(=O)[C@@H]1CCCN1C(=O)[C@@H](NC(=O)O[C@@H]1CC1CCCCCc1c(OCCN(C)c2ccccc2)c2ccccc2[nH]c1=O)C(C)(C)C)C(N)=O. The minimum Gasteiger partial charge on any atom is -0.491 e. The molecule has 1 aliphatic heterocycles. The van der Waals surface area contributed by atoms with Crippen molar-refractivity contribution in [1.29, 1.82) is 0 Å². The highest BCUT2D eigenvalue weighted by atomic mass is 16.6. The number of carbonyl (C=O) groups excluding carboxylic acids is 4. The molecule has 2 aromatic carbocycles. The molecule has 2 aliphatic carbocycles. The molecule has 57 heavy (non-hydrogen) atoms. The standard InChI is InChI=1S/C44H58N6O7/c1-6-29-27-44(29,41(45)54)48-39(52)34-22-15-23-50(34)40(53)37(43(2,3)4)47-42(55)57-35-26-28(35)16-9-7-12-20-32-36(31-19-13-14-21-33(31)46-38(32)51)56-25-24-49(5)30-17-10-8-11-18-30/h6,8,10-11,13-14,17-19,21,28-29,34-35,37H,1,7,9,12,15-16,20,22-27H2,2-5H3,(H2,45,54)(H,46,51)(H,47,55)(H,48,52)/t28?,29-,34+,35-,37-,44-/m1/s1.